The van der Waals surface area contributed by atoms with Gasteiger partial charge in [-0.3, -0.25) is 10.1 Å². The predicted molar refractivity (Wildman–Crippen MR) is 74.4 cm³/mol. The van der Waals surface area contributed by atoms with Gasteiger partial charge >= 0.3 is 5.00 Å². The Bertz CT molecular complexity index is 593. The molecule has 0 radical (unpaired) electrons. The van der Waals surface area contributed by atoms with E-state index in [1.165, 1.54) is 6.07 Å². The van der Waals surface area contributed by atoms with E-state index in [4.69, 9.17) is 11.6 Å². The molecule has 2 rings (SSSR count). The van der Waals surface area contributed by atoms with Gasteiger partial charge in [-0.15, -0.1) is 21.8 Å². The van der Waals surface area contributed by atoms with Crippen LogP contribution in [0.2, 0.25) is 0 Å². The summed E-state index contributed by atoms with van der Waals surface area (Å²) in [5, 5.41) is 19.0. The smallest absolute Gasteiger partial charge is 0.309 e. The summed E-state index contributed by atoms with van der Waals surface area (Å²) in [6, 6.07) is 3.18. The maximum Gasteiger partial charge on any atom is 0.324 e. The van der Waals surface area contributed by atoms with E-state index in [1.54, 1.807) is 6.07 Å². The Morgan fingerprint density at radius 1 is 1.47 bits per heavy atom. The van der Waals surface area contributed by atoms with Gasteiger partial charge in [-0.1, -0.05) is 25.2 Å². The lowest BCUT2D eigenvalue weighted by molar-refractivity contribution is -0.380. The van der Waals surface area contributed by atoms with Gasteiger partial charge in [-0.05, 0) is 12.0 Å². The first-order valence-corrected chi connectivity index (χ1v) is 7.10. The Morgan fingerprint density at radius 3 is 2.74 bits per heavy atom. The van der Waals surface area contributed by atoms with E-state index in [0.29, 0.717) is 17.6 Å². The van der Waals surface area contributed by atoms with Gasteiger partial charge in [0, 0.05) is 12.6 Å². The molecule has 0 unspecified atom stereocenters. The number of rotatable bonds is 5. The fraction of sp³-hybridized carbons (Fsp3) is 0.455. The monoisotopic (exact) mass is 300 g/mol. The topological polar surface area (TPSA) is 73.8 Å². The molecule has 0 amide bonds. The molecule has 0 aliphatic carbocycles. The van der Waals surface area contributed by atoms with Crippen molar-refractivity contribution in [1.29, 1.82) is 0 Å². The van der Waals surface area contributed by atoms with Crippen LogP contribution < -0.4 is 0 Å². The molecule has 2 aromatic rings. The third-order valence-corrected chi connectivity index (χ3v) is 3.76. The van der Waals surface area contributed by atoms with Crippen LogP contribution in [0.1, 0.15) is 19.7 Å². The Morgan fingerprint density at radius 2 is 2.21 bits per heavy atom. The van der Waals surface area contributed by atoms with Gasteiger partial charge in [0.1, 0.15) is 5.82 Å². The number of nitro groups is 1. The molecule has 19 heavy (non-hydrogen) atoms. The molecule has 6 nitrogen and oxygen atoms in total. The number of nitrogens with zero attached hydrogens (tertiary/aromatic N) is 4. The largest absolute Gasteiger partial charge is 0.324 e. The molecule has 0 saturated carbocycles. The van der Waals surface area contributed by atoms with Crippen LogP contribution in [-0.2, 0) is 12.4 Å². The van der Waals surface area contributed by atoms with Crippen molar-refractivity contribution in [2.24, 2.45) is 5.92 Å². The summed E-state index contributed by atoms with van der Waals surface area (Å²) in [7, 11) is 0. The van der Waals surface area contributed by atoms with Crippen molar-refractivity contribution in [3.05, 3.63) is 28.1 Å². The van der Waals surface area contributed by atoms with E-state index in [0.717, 1.165) is 22.8 Å². The molecule has 0 aliphatic rings. The van der Waals surface area contributed by atoms with Gasteiger partial charge in [-0.2, -0.15) is 0 Å². The van der Waals surface area contributed by atoms with E-state index in [2.05, 4.69) is 24.0 Å². The first kappa shape index (κ1) is 14.0. The minimum atomic E-state index is -0.403. The quantitative estimate of drug-likeness (QED) is 0.482. The Balaban J connectivity index is 2.42. The summed E-state index contributed by atoms with van der Waals surface area (Å²) in [6.45, 7) is 4.90. The fourth-order valence-corrected chi connectivity index (χ4v) is 2.73. The maximum atomic E-state index is 10.7. The molecule has 0 aromatic carbocycles. The summed E-state index contributed by atoms with van der Waals surface area (Å²) < 4.78 is 1.92. The predicted octanol–water partition coefficient (Wildman–Crippen LogP) is 3.31. The molecular formula is C11H13ClN4O2S. The van der Waals surface area contributed by atoms with Crippen molar-refractivity contribution >= 4 is 27.9 Å². The highest BCUT2D eigenvalue weighted by atomic mass is 35.5. The Labute approximate surface area is 119 Å². The second-order valence-electron chi connectivity index (χ2n) is 4.47. The van der Waals surface area contributed by atoms with E-state index in [9.17, 15) is 10.1 Å². The zero-order valence-electron chi connectivity index (χ0n) is 10.5. The second-order valence-corrected chi connectivity index (χ2v) is 5.80. The lowest BCUT2D eigenvalue weighted by atomic mass is 10.2. The summed E-state index contributed by atoms with van der Waals surface area (Å²) in [5.41, 5.74) is 0. The van der Waals surface area contributed by atoms with Crippen LogP contribution in [0.4, 0.5) is 5.00 Å². The van der Waals surface area contributed by atoms with Crippen molar-refractivity contribution in [1.82, 2.24) is 14.8 Å². The van der Waals surface area contributed by atoms with Gasteiger partial charge in [0.05, 0.1) is 15.7 Å². The first-order valence-electron chi connectivity index (χ1n) is 5.75. The number of halogens is 1. The van der Waals surface area contributed by atoms with E-state index >= 15 is 0 Å². The molecule has 0 fully saturated rings. The molecule has 102 valence electrons. The highest BCUT2D eigenvalue weighted by Gasteiger charge is 2.18. The van der Waals surface area contributed by atoms with Gasteiger partial charge in [0.15, 0.2) is 5.82 Å². The third kappa shape index (κ3) is 2.93. The van der Waals surface area contributed by atoms with Crippen LogP contribution in [0.25, 0.3) is 10.7 Å². The average molecular weight is 301 g/mol. The summed E-state index contributed by atoms with van der Waals surface area (Å²) in [4.78, 5) is 11.1. The Hall–Kier alpha value is -1.47. The van der Waals surface area contributed by atoms with Crippen molar-refractivity contribution < 1.29 is 4.92 Å². The molecule has 0 atom stereocenters. The highest BCUT2D eigenvalue weighted by Crippen LogP contribution is 2.32. The van der Waals surface area contributed by atoms with Crippen molar-refractivity contribution in [2.45, 2.75) is 26.3 Å². The van der Waals surface area contributed by atoms with Crippen LogP contribution in [-0.4, -0.2) is 19.7 Å². The van der Waals surface area contributed by atoms with Gasteiger partial charge in [0.25, 0.3) is 0 Å². The third-order valence-electron chi connectivity index (χ3n) is 2.49. The number of hydrogen-bond acceptors (Lipinski definition) is 5. The first-order chi connectivity index (χ1) is 9.02. The van der Waals surface area contributed by atoms with Crippen molar-refractivity contribution in [3.63, 3.8) is 0 Å². The zero-order chi connectivity index (χ0) is 14.0. The number of alkyl halides is 1. The number of aromatic nitrogens is 3. The molecule has 0 spiro atoms. The van der Waals surface area contributed by atoms with E-state index < -0.39 is 4.92 Å². The van der Waals surface area contributed by atoms with Crippen molar-refractivity contribution in [3.8, 4) is 10.7 Å². The fourth-order valence-electron chi connectivity index (χ4n) is 1.72. The molecule has 0 aliphatic heterocycles. The SMILES string of the molecule is CC(C)Cn1c(CCl)nnc1-c1ccc([N+](=O)[O-])s1. The molecule has 2 aromatic heterocycles. The van der Waals surface area contributed by atoms with Crippen LogP contribution in [0.5, 0.6) is 0 Å². The van der Waals surface area contributed by atoms with Crippen LogP contribution >= 0.6 is 22.9 Å². The molecule has 0 N–H and O–H groups in total. The normalized spacial score (nSPS) is 11.2. The maximum absolute atomic E-state index is 10.7. The van der Waals surface area contributed by atoms with Crippen LogP contribution in [0, 0.1) is 16.0 Å². The van der Waals surface area contributed by atoms with Gasteiger partial charge in [-0.25, -0.2) is 0 Å². The van der Waals surface area contributed by atoms with Crippen molar-refractivity contribution in [2.75, 3.05) is 0 Å². The minimum absolute atomic E-state index is 0.0986. The van der Waals surface area contributed by atoms with Gasteiger partial charge < -0.3 is 4.57 Å². The standard InChI is InChI=1S/C11H13ClN4O2S/c1-7(2)6-15-9(5-12)13-14-11(15)8-3-4-10(19-8)16(17)18/h3-4,7H,5-6H2,1-2H3. The Kier molecular flexibility index (Phi) is 4.16. The minimum Gasteiger partial charge on any atom is -0.309 e. The number of thiophene rings is 1. The molecule has 0 bridgehead atoms. The summed E-state index contributed by atoms with van der Waals surface area (Å²) in [5.74, 6) is 2.00. The van der Waals surface area contributed by atoms with Crippen LogP contribution in [0.3, 0.4) is 0 Å². The lowest BCUT2D eigenvalue weighted by Gasteiger charge is -2.10. The summed E-state index contributed by atoms with van der Waals surface area (Å²) in [6.07, 6.45) is 0. The zero-order valence-corrected chi connectivity index (χ0v) is 12.1. The summed E-state index contributed by atoms with van der Waals surface area (Å²) >= 11 is 6.94. The second kappa shape index (κ2) is 5.66. The van der Waals surface area contributed by atoms with E-state index in [-0.39, 0.29) is 10.9 Å². The average Bonchev–Trinajstić information content (AvgIpc) is 2.94. The molecular weight excluding hydrogens is 288 g/mol. The number of hydrogen-bond donors (Lipinski definition) is 0. The van der Waals surface area contributed by atoms with Gasteiger partial charge in [0.2, 0.25) is 0 Å². The highest BCUT2D eigenvalue weighted by molar-refractivity contribution is 7.18. The molecule has 2 heterocycles. The molecule has 0 saturated heterocycles. The molecule has 8 heteroatoms. The lowest BCUT2D eigenvalue weighted by Crippen LogP contribution is -2.09. The van der Waals surface area contributed by atoms with E-state index in [1.807, 2.05) is 4.57 Å². The van der Waals surface area contributed by atoms with Crippen LogP contribution in [0.15, 0.2) is 12.1 Å².